The van der Waals surface area contributed by atoms with Gasteiger partial charge in [-0.25, -0.2) is 9.18 Å². The van der Waals surface area contributed by atoms with Crippen LogP contribution in [0.5, 0.6) is 0 Å². The summed E-state index contributed by atoms with van der Waals surface area (Å²) in [5.74, 6) is 1.54. The van der Waals surface area contributed by atoms with Crippen molar-refractivity contribution >= 4 is 11.5 Å². The molecule has 0 saturated heterocycles. The van der Waals surface area contributed by atoms with Crippen LogP contribution in [-0.2, 0) is 4.79 Å². The highest BCUT2D eigenvalue weighted by Gasteiger charge is 1.99. The summed E-state index contributed by atoms with van der Waals surface area (Å²) >= 11 is 0. The third-order valence-electron chi connectivity index (χ3n) is 1.67. The third kappa shape index (κ3) is 1.80. The fourth-order valence-electron chi connectivity index (χ4n) is 0.986. The quantitative estimate of drug-likeness (QED) is 0.613. The molecule has 0 aliphatic carbocycles. The van der Waals surface area contributed by atoms with Gasteiger partial charge >= 0.3 is 0 Å². The second-order valence-corrected chi connectivity index (χ2v) is 2.44. The van der Waals surface area contributed by atoms with Crippen molar-refractivity contribution in [3.8, 4) is 0 Å². The normalized spacial score (nSPS) is 9.17. The number of halogens is 1. The lowest BCUT2D eigenvalue weighted by Gasteiger charge is -1.98. The van der Waals surface area contributed by atoms with Gasteiger partial charge in [0.15, 0.2) is 0 Å². The SMILES string of the molecule is CCC(=C=O)c1ccc(F)cc1. The average molecular weight is 164 g/mol. The zero-order valence-corrected chi connectivity index (χ0v) is 6.80. The van der Waals surface area contributed by atoms with Crippen LogP contribution in [0, 0.1) is 5.82 Å². The first kappa shape index (κ1) is 8.69. The minimum atomic E-state index is -0.292. The van der Waals surface area contributed by atoms with E-state index in [1.165, 1.54) is 12.1 Å². The van der Waals surface area contributed by atoms with Crippen LogP contribution in [0.15, 0.2) is 24.3 Å². The smallest absolute Gasteiger partial charge is 0.128 e. The van der Waals surface area contributed by atoms with Gasteiger partial charge in [-0.2, -0.15) is 0 Å². The summed E-state index contributed by atoms with van der Waals surface area (Å²) in [7, 11) is 0. The van der Waals surface area contributed by atoms with Crippen molar-refractivity contribution in [3.05, 3.63) is 35.6 Å². The predicted octanol–water partition coefficient (Wildman–Crippen LogP) is 2.45. The highest BCUT2D eigenvalue weighted by Crippen LogP contribution is 2.14. The Labute approximate surface area is 70.5 Å². The Morgan fingerprint density at radius 2 is 2.00 bits per heavy atom. The summed E-state index contributed by atoms with van der Waals surface area (Å²) < 4.78 is 12.5. The van der Waals surface area contributed by atoms with Gasteiger partial charge in [0, 0.05) is 5.57 Å². The van der Waals surface area contributed by atoms with E-state index in [1.54, 1.807) is 12.1 Å². The van der Waals surface area contributed by atoms with Crippen LogP contribution >= 0.6 is 0 Å². The van der Waals surface area contributed by atoms with Gasteiger partial charge in [-0.3, -0.25) is 0 Å². The molecule has 1 nitrogen and oxygen atoms in total. The molecule has 0 aliphatic heterocycles. The van der Waals surface area contributed by atoms with Crippen LogP contribution in [0.1, 0.15) is 18.9 Å². The van der Waals surface area contributed by atoms with Crippen molar-refractivity contribution in [1.82, 2.24) is 0 Å². The molecule has 0 N–H and O–H groups in total. The molecule has 62 valence electrons. The average Bonchev–Trinajstić information content (AvgIpc) is 2.10. The van der Waals surface area contributed by atoms with E-state index in [0.29, 0.717) is 12.0 Å². The Bertz CT molecular complexity index is 307. The lowest BCUT2D eigenvalue weighted by atomic mass is 10.1. The van der Waals surface area contributed by atoms with E-state index in [9.17, 15) is 9.18 Å². The summed E-state index contributed by atoms with van der Waals surface area (Å²) in [5.41, 5.74) is 1.32. The molecule has 0 unspecified atom stereocenters. The van der Waals surface area contributed by atoms with E-state index in [4.69, 9.17) is 0 Å². The van der Waals surface area contributed by atoms with Crippen molar-refractivity contribution in [2.75, 3.05) is 0 Å². The van der Waals surface area contributed by atoms with Crippen LogP contribution in [0.3, 0.4) is 0 Å². The molecule has 1 rings (SSSR count). The van der Waals surface area contributed by atoms with Crippen LogP contribution in [-0.4, -0.2) is 5.94 Å². The molecule has 0 radical (unpaired) electrons. The maximum atomic E-state index is 12.5. The van der Waals surface area contributed by atoms with Crippen LogP contribution < -0.4 is 0 Å². The molecule has 2 heteroatoms. The lowest BCUT2D eigenvalue weighted by molar-refractivity contribution is 0.569. The van der Waals surface area contributed by atoms with Crippen molar-refractivity contribution in [1.29, 1.82) is 0 Å². The van der Waals surface area contributed by atoms with Crippen molar-refractivity contribution in [3.63, 3.8) is 0 Å². The Hall–Kier alpha value is -1.40. The second-order valence-electron chi connectivity index (χ2n) is 2.44. The maximum absolute atomic E-state index is 12.5. The standard InChI is InChI=1S/C10H9FO/c1-2-8(7-12)9-3-5-10(11)6-4-9/h3-6H,2H2,1H3. The fourth-order valence-corrected chi connectivity index (χ4v) is 0.986. The molecule has 0 spiro atoms. The van der Waals surface area contributed by atoms with E-state index in [-0.39, 0.29) is 5.82 Å². The predicted molar refractivity (Wildman–Crippen MR) is 45.8 cm³/mol. The van der Waals surface area contributed by atoms with Crippen LogP contribution in [0.4, 0.5) is 4.39 Å². The number of carbonyl (C=O) groups excluding carboxylic acids is 1. The highest BCUT2D eigenvalue weighted by atomic mass is 19.1. The van der Waals surface area contributed by atoms with E-state index >= 15 is 0 Å². The molecule has 0 aromatic heterocycles. The highest BCUT2D eigenvalue weighted by molar-refractivity contribution is 5.87. The summed E-state index contributed by atoms with van der Waals surface area (Å²) in [6, 6.07) is 5.84. The maximum Gasteiger partial charge on any atom is 0.128 e. The summed E-state index contributed by atoms with van der Waals surface area (Å²) in [4.78, 5) is 10.4. The van der Waals surface area contributed by atoms with Crippen molar-refractivity contribution in [2.24, 2.45) is 0 Å². The molecule has 0 atom stereocenters. The molecule has 0 heterocycles. The first-order valence-electron chi connectivity index (χ1n) is 3.78. The van der Waals surface area contributed by atoms with Gasteiger partial charge in [0.25, 0.3) is 0 Å². The monoisotopic (exact) mass is 164 g/mol. The Balaban J connectivity index is 3.04. The molecule has 0 bridgehead atoms. The van der Waals surface area contributed by atoms with Gasteiger partial charge in [-0.1, -0.05) is 19.1 Å². The zero-order valence-electron chi connectivity index (χ0n) is 6.80. The molecule has 1 aromatic rings. The Morgan fingerprint density at radius 1 is 1.42 bits per heavy atom. The second kappa shape index (κ2) is 3.84. The number of rotatable bonds is 2. The van der Waals surface area contributed by atoms with Gasteiger partial charge in [0.2, 0.25) is 0 Å². The van der Waals surface area contributed by atoms with Crippen molar-refractivity contribution in [2.45, 2.75) is 13.3 Å². The fraction of sp³-hybridized carbons (Fsp3) is 0.200. The van der Waals surface area contributed by atoms with Crippen LogP contribution in [0.25, 0.3) is 5.57 Å². The Morgan fingerprint density at radius 3 is 2.42 bits per heavy atom. The molecule has 0 fully saturated rings. The first-order chi connectivity index (χ1) is 5.77. The number of benzene rings is 1. The van der Waals surface area contributed by atoms with E-state index in [2.05, 4.69) is 0 Å². The van der Waals surface area contributed by atoms with Crippen molar-refractivity contribution < 1.29 is 9.18 Å². The molecule has 0 aliphatic rings. The summed E-state index contributed by atoms with van der Waals surface area (Å²) in [6.45, 7) is 1.86. The van der Waals surface area contributed by atoms with E-state index in [0.717, 1.165) is 5.56 Å². The lowest BCUT2D eigenvalue weighted by Crippen LogP contribution is -1.83. The van der Waals surface area contributed by atoms with Gasteiger partial charge in [0.1, 0.15) is 11.8 Å². The topological polar surface area (TPSA) is 17.1 Å². The molecule has 0 amide bonds. The van der Waals surface area contributed by atoms with Gasteiger partial charge in [-0.15, -0.1) is 0 Å². The molecule has 0 saturated carbocycles. The molecular formula is C10H9FO. The molecule has 1 aromatic carbocycles. The van der Waals surface area contributed by atoms with E-state index in [1.807, 2.05) is 12.9 Å². The van der Waals surface area contributed by atoms with E-state index < -0.39 is 0 Å². The minimum absolute atomic E-state index is 0.292. The van der Waals surface area contributed by atoms with Gasteiger partial charge in [0.05, 0.1) is 0 Å². The Kier molecular flexibility index (Phi) is 2.78. The largest absolute Gasteiger partial charge is 0.233 e. The third-order valence-corrected chi connectivity index (χ3v) is 1.67. The number of hydrogen-bond acceptors (Lipinski definition) is 1. The molecular weight excluding hydrogens is 155 g/mol. The zero-order chi connectivity index (χ0) is 8.97. The minimum Gasteiger partial charge on any atom is -0.233 e. The van der Waals surface area contributed by atoms with Gasteiger partial charge < -0.3 is 0 Å². The first-order valence-corrected chi connectivity index (χ1v) is 3.78. The number of allylic oxidation sites excluding steroid dienone is 1. The summed E-state index contributed by atoms with van der Waals surface area (Å²) in [5, 5.41) is 0. The summed E-state index contributed by atoms with van der Waals surface area (Å²) in [6.07, 6.45) is 0.620. The molecule has 12 heavy (non-hydrogen) atoms. The van der Waals surface area contributed by atoms with Gasteiger partial charge in [-0.05, 0) is 24.1 Å². The van der Waals surface area contributed by atoms with Crippen LogP contribution in [0.2, 0.25) is 0 Å². The number of hydrogen-bond donors (Lipinski definition) is 0.